The van der Waals surface area contributed by atoms with E-state index in [1.807, 2.05) is 24.3 Å². The van der Waals surface area contributed by atoms with Crippen molar-refractivity contribution in [1.82, 2.24) is 9.97 Å². The van der Waals surface area contributed by atoms with Gasteiger partial charge in [-0.2, -0.15) is 4.90 Å². The van der Waals surface area contributed by atoms with E-state index in [4.69, 9.17) is 18.9 Å². The van der Waals surface area contributed by atoms with E-state index in [0.29, 0.717) is 23.3 Å². The maximum atomic E-state index is 12.9. The Bertz CT molecular complexity index is 1170. The van der Waals surface area contributed by atoms with Crippen LogP contribution in [0.15, 0.2) is 48.8 Å². The van der Waals surface area contributed by atoms with E-state index in [9.17, 15) is 9.59 Å². The molecule has 35 heavy (non-hydrogen) atoms. The second kappa shape index (κ2) is 10.2. The molecule has 0 unspecified atom stereocenters. The van der Waals surface area contributed by atoms with E-state index in [-0.39, 0.29) is 5.82 Å². The molecule has 9 nitrogen and oxygen atoms in total. The summed E-state index contributed by atoms with van der Waals surface area (Å²) in [6.07, 6.45) is 1.34. The number of ether oxygens (including phenoxy) is 4. The number of rotatable bonds is 5. The largest absolute Gasteiger partial charge is 0.497 e. The van der Waals surface area contributed by atoms with Gasteiger partial charge in [0.25, 0.3) is 0 Å². The number of carbonyl (C=O) groups excluding carboxylic acids is 2. The summed E-state index contributed by atoms with van der Waals surface area (Å²) < 4.78 is 22.0. The van der Waals surface area contributed by atoms with Crippen LogP contribution in [0.3, 0.4) is 0 Å². The van der Waals surface area contributed by atoms with Gasteiger partial charge in [0.05, 0.1) is 25.0 Å². The zero-order valence-electron chi connectivity index (χ0n) is 21.1. The summed E-state index contributed by atoms with van der Waals surface area (Å²) in [4.78, 5) is 35.3. The van der Waals surface area contributed by atoms with E-state index >= 15 is 0 Å². The molecule has 9 heteroatoms. The van der Waals surface area contributed by atoms with Crippen LogP contribution >= 0.6 is 0 Å². The van der Waals surface area contributed by atoms with E-state index in [1.54, 1.807) is 60.9 Å². The van der Waals surface area contributed by atoms with Crippen LogP contribution in [0.4, 0.5) is 15.4 Å². The fourth-order valence-corrected chi connectivity index (χ4v) is 3.02. The number of hydrogen-bond acceptors (Lipinski definition) is 8. The first-order chi connectivity index (χ1) is 16.4. The molecule has 1 aromatic carbocycles. The average Bonchev–Trinajstić information content (AvgIpc) is 2.75. The van der Waals surface area contributed by atoms with E-state index in [1.165, 1.54) is 12.3 Å². The number of methoxy groups -OCH3 is 1. The minimum Gasteiger partial charge on any atom is -0.497 e. The molecule has 0 aliphatic heterocycles. The second-order valence-electron chi connectivity index (χ2n) is 9.81. The summed E-state index contributed by atoms with van der Waals surface area (Å²) in [5.74, 6) is 1.32. The molecule has 0 atom stereocenters. The van der Waals surface area contributed by atoms with E-state index < -0.39 is 23.4 Å². The van der Waals surface area contributed by atoms with Crippen molar-refractivity contribution in [1.29, 1.82) is 0 Å². The number of pyridine rings is 2. The van der Waals surface area contributed by atoms with Gasteiger partial charge in [0.1, 0.15) is 35.1 Å². The lowest BCUT2D eigenvalue weighted by molar-refractivity contribution is 0.0429. The molecule has 2 aromatic heterocycles. The van der Waals surface area contributed by atoms with Gasteiger partial charge in [-0.3, -0.25) is 4.98 Å². The van der Waals surface area contributed by atoms with Crippen molar-refractivity contribution >= 4 is 28.9 Å². The predicted octanol–water partition coefficient (Wildman–Crippen LogP) is 5.89. The fourth-order valence-electron chi connectivity index (χ4n) is 3.02. The molecule has 0 fully saturated rings. The molecule has 0 spiro atoms. The monoisotopic (exact) mass is 481 g/mol. The number of nitrogens with zero attached hydrogens (tertiary/aromatic N) is 3. The molecule has 0 bridgehead atoms. The summed E-state index contributed by atoms with van der Waals surface area (Å²) >= 11 is 0. The van der Waals surface area contributed by atoms with Crippen molar-refractivity contribution < 1.29 is 28.5 Å². The second-order valence-corrected chi connectivity index (χ2v) is 9.81. The normalized spacial score (nSPS) is 11.6. The number of hydrogen-bond donors (Lipinski definition) is 0. The van der Waals surface area contributed by atoms with Gasteiger partial charge >= 0.3 is 12.2 Å². The Kier molecular flexibility index (Phi) is 7.48. The third-order valence-corrected chi connectivity index (χ3v) is 4.50. The Labute approximate surface area is 205 Å². The smallest absolute Gasteiger partial charge is 0.425 e. The number of carbonyl (C=O) groups is 2. The van der Waals surface area contributed by atoms with Gasteiger partial charge in [0.2, 0.25) is 0 Å². The number of benzene rings is 1. The van der Waals surface area contributed by atoms with Crippen molar-refractivity contribution in [3.8, 4) is 11.5 Å². The van der Waals surface area contributed by atoms with Crippen LogP contribution in [0.1, 0.15) is 47.1 Å². The first-order valence-electron chi connectivity index (χ1n) is 11.1. The SMILES string of the molecule is COc1ccc(COc2cncc3nc(N(C(=O)OC(C)(C)C)C(=O)OC(C)(C)C)ccc23)cc1. The van der Waals surface area contributed by atoms with Crippen molar-refractivity contribution in [2.24, 2.45) is 0 Å². The van der Waals surface area contributed by atoms with Gasteiger partial charge in [0.15, 0.2) is 0 Å². The van der Waals surface area contributed by atoms with Crippen molar-refractivity contribution in [2.45, 2.75) is 59.4 Å². The lowest BCUT2D eigenvalue weighted by Gasteiger charge is -2.28. The summed E-state index contributed by atoms with van der Waals surface area (Å²) in [6, 6.07) is 10.8. The summed E-state index contributed by atoms with van der Waals surface area (Å²) in [5, 5.41) is 0.672. The highest BCUT2D eigenvalue weighted by Crippen LogP contribution is 2.28. The lowest BCUT2D eigenvalue weighted by Crippen LogP contribution is -2.44. The number of amides is 2. The van der Waals surface area contributed by atoms with Crippen LogP contribution in [0, 0.1) is 0 Å². The highest BCUT2D eigenvalue weighted by molar-refractivity contribution is 6.09. The quantitative estimate of drug-likeness (QED) is 0.444. The Morgan fingerprint density at radius 1 is 0.857 bits per heavy atom. The summed E-state index contributed by atoms with van der Waals surface area (Å²) in [5.41, 5.74) is -0.253. The van der Waals surface area contributed by atoms with E-state index in [2.05, 4.69) is 9.97 Å². The highest BCUT2D eigenvalue weighted by atomic mass is 16.6. The topological polar surface area (TPSA) is 100 Å². The lowest BCUT2D eigenvalue weighted by atomic mass is 10.2. The maximum Gasteiger partial charge on any atom is 0.425 e. The molecule has 0 aliphatic carbocycles. The summed E-state index contributed by atoms with van der Waals surface area (Å²) in [7, 11) is 1.61. The van der Waals surface area contributed by atoms with E-state index in [0.717, 1.165) is 16.2 Å². The molecule has 3 rings (SSSR count). The standard InChI is InChI=1S/C26H31N3O6/c1-25(2,3)34-23(30)29(24(31)35-26(4,5)6)22-13-12-19-20(28-22)14-27-15-21(19)33-16-17-8-10-18(32-7)11-9-17/h8-15H,16H2,1-7H3. The number of anilines is 1. The van der Waals surface area contributed by atoms with Crippen LogP contribution in [-0.2, 0) is 16.1 Å². The third-order valence-electron chi connectivity index (χ3n) is 4.50. The molecular formula is C26H31N3O6. The Morgan fingerprint density at radius 3 is 2.00 bits per heavy atom. The van der Waals surface area contributed by atoms with Gasteiger partial charge in [-0.25, -0.2) is 14.6 Å². The van der Waals surface area contributed by atoms with Crippen LogP contribution in [0.5, 0.6) is 11.5 Å². The molecular weight excluding hydrogens is 450 g/mol. The molecule has 0 N–H and O–H groups in total. The van der Waals surface area contributed by atoms with Gasteiger partial charge in [0, 0.05) is 5.39 Å². The fraction of sp³-hybridized carbons (Fsp3) is 0.385. The van der Waals surface area contributed by atoms with Gasteiger partial charge in [-0.1, -0.05) is 12.1 Å². The van der Waals surface area contributed by atoms with Crippen LogP contribution < -0.4 is 14.4 Å². The average molecular weight is 482 g/mol. The minimum atomic E-state index is -0.890. The van der Waals surface area contributed by atoms with Crippen LogP contribution in [0.25, 0.3) is 10.9 Å². The number of imide groups is 1. The van der Waals surface area contributed by atoms with Crippen LogP contribution in [-0.4, -0.2) is 40.5 Å². The predicted molar refractivity (Wildman–Crippen MR) is 132 cm³/mol. The Hall–Kier alpha value is -3.88. The van der Waals surface area contributed by atoms with Crippen molar-refractivity contribution in [3.05, 3.63) is 54.4 Å². The number of fused-ring (bicyclic) bond motifs is 1. The molecule has 0 saturated carbocycles. The molecule has 2 heterocycles. The number of aromatic nitrogens is 2. The molecule has 2 amide bonds. The summed E-state index contributed by atoms with van der Waals surface area (Å²) in [6.45, 7) is 10.6. The van der Waals surface area contributed by atoms with Crippen molar-refractivity contribution in [2.75, 3.05) is 12.0 Å². The highest BCUT2D eigenvalue weighted by Gasteiger charge is 2.33. The van der Waals surface area contributed by atoms with Gasteiger partial charge in [-0.15, -0.1) is 0 Å². The maximum absolute atomic E-state index is 12.9. The minimum absolute atomic E-state index is 0.0510. The van der Waals surface area contributed by atoms with Crippen molar-refractivity contribution in [3.63, 3.8) is 0 Å². The Morgan fingerprint density at radius 2 is 1.46 bits per heavy atom. The molecule has 0 radical (unpaired) electrons. The van der Waals surface area contributed by atoms with Crippen LogP contribution in [0.2, 0.25) is 0 Å². The van der Waals surface area contributed by atoms with Gasteiger partial charge in [-0.05, 0) is 71.4 Å². The molecule has 3 aromatic rings. The zero-order valence-corrected chi connectivity index (χ0v) is 21.1. The molecule has 0 saturated heterocycles. The molecule has 0 aliphatic rings. The first kappa shape index (κ1) is 25.7. The van der Waals surface area contributed by atoms with Gasteiger partial charge < -0.3 is 18.9 Å². The Balaban J connectivity index is 1.91. The third kappa shape index (κ3) is 7.05. The molecule has 186 valence electrons. The first-order valence-corrected chi connectivity index (χ1v) is 11.1. The zero-order chi connectivity index (χ0) is 25.8.